The average molecular weight is 275 g/mol. The van der Waals surface area contributed by atoms with E-state index < -0.39 is 0 Å². The Balaban J connectivity index is 1.71. The molecule has 19 heavy (non-hydrogen) atoms. The first-order chi connectivity index (χ1) is 9.28. The lowest BCUT2D eigenvalue weighted by atomic mass is 9.93. The van der Waals surface area contributed by atoms with Gasteiger partial charge < -0.3 is 4.55 Å². The molecule has 2 fully saturated rings. The maximum Gasteiger partial charge on any atom is 0.304 e. The minimum absolute atomic E-state index is 0.353. The number of fused-ring (bicyclic) bond motifs is 1. The summed E-state index contributed by atoms with van der Waals surface area (Å²) < 4.78 is 10.7. The normalized spacial score (nSPS) is 25.9. The summed E-state index contributed by atoms with van der Waals surface area (Å²) in [6.45, 7) is 0. The summed E-state index contributed by atoms with van der Waals surface area (Å²) in [6, 6.07) is 0. The van der Waals surface area contributed by atoms with Crippen molar-refractivity contribution in [2.45, 2.75) is 25.7 Å². The first-order valence-corrected chi connectivity index (χ1v) is 7.47. The molecule has 2 saturated carbocycles. The van der Waals surface area contributed by atoms with Crippen molar-refractivity contribution < 1.29 is 9.25 Å². The fourth-order valence-electron chi connectivity index (χ4n) is 2.98. The average Bonchev–Trinajstić information content (AvgIpc) is 3.31. The third-order valence-corrected chi connectivity index (χ3v) is 4.64. The van der Waals surface area contributed by atoms with Crippen molar-refractivity contribution >= 4 is 23.7 Å². The second-order valence-corrected chi connectivity index (χ2v) is 6.22. The smallest absolute Gasteiger partial charge is 0.304 e. The van der Waals surface area contributed by atoms with Gasteiger partial charge in [-0.3, -0.25) is 0 Å². The number of allylic oxidation sites excluding steroid dienone is 1. The van der Waals surface area contributed by atoms with Crippen molar-refractivity contribution in [3.05, 3.63) is 22.9 Å². The van der Waals surface area contributed by atoms with Crippen molar-refractivity contribution in [1.82, 2.24) is 0 Å². The minimum atomic E-state index is 0.353. The van der Waals surface area contributed by atoms with E-state index in [0.29, 0.717) is 34.5 Å². The molecule has 2 aliphatic carbocycles. The van der Waals surface area contributed by atoms with Crippen LogP contribution in [0.25, 0.3) is 0 Å². The summed E-state index contributed by atoms with van der Waals surface area (Å²) in [4.78, 5) is 5.31. The molecule has 0 aromatic carbocycles. The van der Waals surface area contributed by atoms with Crippen LogP contribution in [-0.4, -0.2) is 20.9 Å². The molecule has 0 radical (unpaired) electrons. The lowest BCUT2D eigenvalue weighted by Crippen LogP contribution is -2.28. The van der Waals surface area contributed by atoms with Gasteiger partial charge in [0.15, 0.2) is 0 Å². The number of rotatable bonds is 4. The summed E-state index contributed by atoms with van der Waals surface area (Å²) in [5.41, 5.74) is 1.03. The summed E-state index contributed by atoms with van der Waals surface area (Å²) in [6.07, 6.45) is 8.60. The van der Waals surface area contributed by atoms with Gasteiger partial charge in [0.05, 0.1) is 12.3 Å². The Morgan fingerprint density at radius 1 is 1.32 bits per heavy atom. The third kappa shape index (κ3) is 1.90. The molecule has 5 nitrogen and oxygen atoms in total. The van der Waals surface area contributed by atoms with Crippen LogP contribution in [-0.2, 0) is 0 Å². The maximum atomic E-state index is 9.25. The van der Waals surface area contributed by atoms with Crippen LogP contribution < -0.4 is 0 Å². The zero-order valence-electron chi connectivity index (χ0n) is 10.4. The van der Waals surface area contributed by atoms with Crippen molar-refractivity contribution in [3.8, 4) is 0 Å². The fraction of sp³-hybridized carbons (Fsp3) is 0.538. The van der Waals surface area contributed by atoms with Crippen LogP contribution in [0.3, 0.4) is 0 Å². The van der Waals surface area contributed by atoms with Crippen LogP contribution in [0.15, 0.2) is 33.0 Å². The number of nitrogens with zero attached hydrogens (tertiary/aromatic N) is 3. The maximum absolute atomic E-state index is 9.25. The van der Waals surface area contributed by atoms with E-state index in [0.717, 1.165) is 17.5 Å². The summed E-state index contributed by atoms with van der Waals surface area (Å²) >= 11 is 0.653. The molecule has 0 amide bonds. The monoisotopic (exact) mass is 275 g/mol. The lowest BCUT2D eigenvalue weighted by molar-refractivity contribution is -0.346. The first kappa shape index (κ1) is 11.5. The molecular weight excluding hydrogens is 260 g/mol. The van der Waals surface area contributed by atoms with Crippen LogP contribution in [0, 0.1) is 23.2 Å². The summed E-state index contributed by atoms with van der Waals surface area (Å²) in [5, 5.41) is 12.2. The van der Waals surface area contributed by atoms with Gasteiger partial charge in [-0.2, -0.15) is 5.41 Å². The number of hydrogen-bond acceptors (Lipinski definition) is 5. The van der Waals surface area contributed by atoms with Gasteiger partial charge in [0.25, 0.3) is 5.84 Å². The lowest BCUT2D eigenvalue weighted by Gasteiger charge is -2.16. The number of amidine groups is 2. The van der Waals surface area contributed by atoms with Crippen molar-refractivity contribution in [1.29, 1.82) is 5.41 Å². The van der Waals surface area contributed by atoms with Crippen LogP contribution in [0.2, 0.25) is 0 Å². The van der Waals surface area contributed by atoms with E-state index in [1.165, 1.54) is 30.4 Å². The Morgan fingerprint density at radius 3 is 2.58 bits per heavy atom. The molecule has 98 valence electrons. The molecule has 2 N–H and O–H groups in total. The van der Waals surface area contributed by atoms with Gasteiger partial charge in [-0.1, -0.05) is 4.70 Å². The molecule has 0 spiro atoms. The molecule has 2 aliphatic heterocycles. The molecule has 4 rings (SSSR count). The molecule has 6 heteroatoms. The van der Waals surface area contributed by atoms with Gasteiger partial charge in [0.2, 0.25) is 0 Å². The number of nitrogens with one attached hydrogen (secondary N) is 1. The van der Waals surface area contributed by atoms with Crippen molar-refractivity contribution in [3.63, 3.8) is 0 Å². The second-order valence-electron chi connectivity index (χ2n) is 5.60. The largest absolute Gasteiger partial charge is 0.325 e. The van der Waals surface area contributed by atoms with E-state index in [-0.39, 0.29) is 0 Å². The van der Waals surface area contributed by atoms with Crippen molar-refractivity contribution in [2.24, 2.45) is 27.9 Å². The molecule has 2 heterocycles. The van der Waals surface area contributed by atoms with Crippen molar-refractivity contribution in [2.75, 3.05) is 0 Å². The molecule has 0 aromatic rings. The van der Waals surface area contributed by atoms with E-state index >= 15 is 0 Å². The predicted octanol–water partition coefficient (Wildman–Crippen LogP) is 3.22. The highest BCUT2D eigenvalue weighted by Crippen LogP contribution is 2.53. The summed E-state index contributed by atoms with van der Waals surface area (Å²) in [5.74, 6) is 3.00. The van der Waals surface area contributed by atoms with Gasteiger partial charge in [-0.05, 0) is 37.5 Å². The zero-order chi connectivity index (χ0) is 13.0. The Kier molecular flexibility index (Phi) is 2.50. The number of aliphatic imine (C=N–C) groups is 1. The van der Waals surface area contributed by atoms with Gasteiger partial charge in [0.1, 0.15) is 10.6 Å². The van der Waals surface area contributed by atoms with E-state index in [1.807, 2.05) is 6.08 Å². The van der Waals surface area contributed by atoms with Crippen LogP contribution in [0.5, 0.6) is 0 Å². The van der Waals surface area contributed by atoms with Crippen LogP contribution in [0.4, 0.5) is 0 Å². The van der Waals surface area contributed by atoms with Crippen LogP contribution in [0.1, 0.15) is 25.7 Å². The standard InChI is InChI=1S/C13H14N4OS/c14-11-5-9(12(7-1-2-7)8-3-4-8)16-13-10(19-18)6-15-17(11)13/h5-8,12,14H,1-4H2/p+1. The Bertz CT molecular complexity index is 569. The first-order valence-electron chi connectivity index (χ1n) is 6.69. The van der Waals surface area contributed by atoms with E-state index in [1.54, 1.807) is 6.20 Å². The zero-order valence-corrected chi connectivity index (χ0v) is 11.2. The summed E-state index contributed by atoms with van der Waals surface area (Å²) in [7, 11) is 0. The van der Waals surface area contributed by atoms with Gasteiger partial charge in [-0.15, -0.1) is 10.1 Å². The van der Waals surface area contributed by atoms with Gasteiger partial charge in [-0.25, -0.2) is 0 Å². The SMILES string of the molecule is N=C1C=C(C(C2CC2)C2CC2)N=C2C(SO)=CN=[N+]12. The van der Waals surface area contributed by atoms with Crippen LogP contribution >= 0.6 is 12.0 Å². The highest BCUT2D eigenvalue weighted by Gasteiger charge is 2.47. The fourth-order valence-corrected chi connectivity index (χ4v) is 3.28. The quantitative estimate of drug-likeness (QED) is 0.610. The predicted molar refractivity (Wildman–Crippen MR) is 73.2 cm³/mol. The Hall–Kier alpha value is -1.27. The van der Waals surface area contributed by atoms with E-state index in [9.17, 15) is 4.55 Å². The molecule has 4 aliphatic rings. The highest BCUT2D eigenvalue weighted by molar-refractivity contribution is 7.98. The second kappa shape index (κ2) is 4.11. The highest BCUT2D eigenvalue weighted by atomic mass is 32.2. The van der Waals surface area contributed by atoms with Gasteiger partial charge in [0, 0.05) is 18.0 Å². The molecule has 0 unspecified atom stereocenters. The molecule has 0 saturated heterocycles. The minimum Gasteiger partial charge on any atom is -0.325 e. The molecule has 0 bridgehead atoms. The Labute approximate surface area is 115 Å². The molecule has 0 aromatic heterocycles. The number of azo groups is 2. The molecule has 0 atom stereocenters. The third-order valence-electron chi connectivity index (χ3n) is 4.16. The van der Waals surface area contributed by atoms with Gasteiger partial charge >= 0.3 is 5.84 Å². The van der Waals surface area contributed by atoms with E-state index in [2.05, 4.69) is 10.1 Å². The molecular formula is C13H15N4OS+. The number of hydrogen-bond donors (Lipinski definition) is 2. The van der Waals surface area contributed by atoms with E-state index in [4.69, 9.17) is 5.41 Å². The Morgan fingerprint density at radius 2 is 2.00 bits per heavy atom. The topological polar surface area (TPSA) is 71.8 Å².